The molecule has 0 saturated heterocycles. The van der Waals surface area contributed by atoms with Crippen LogP contribution >= 0.6 is 0 Å². The second-order valence-corrected chi connectivity index (χ2v) is 6.08. The minimum Gasteiger partial charge on any atom is -0.494 e. The molecule has 0 heterocycles. The summed E-state index contributed by atoms with van der Waals surface area (Å²) < 4.78 is 5.47. The van der Waals surface area contributed by atoms with E-state index in [1.165, 1.54) is 0 Å². The number of carbonyl (C=O) groups excluding carboxylic acids is 1. The molecule has 1 rings (SSSR count). The maximum atomic E-state index is 12.1. The summed E-state index contributed by atoms with van der Waals surface area (Å²) in [7, 11) is 0. The van der Waals surface area contributed by atoms with Gasteiger partial charge in [-0.2, -0.15) is 0 Å². The Labute approximate surface area is 121 Å². The molecule has 0 aliphatic carbocycles. The predicted molar refractivity (Wildman–Crippen MR) is 81.6 cm³/mol. The topological polar surface area (TPSA) is 64.3 Å². The zero-order valence-electron chi connectivity index (χ0n) is 13.1. The molecule has 4 nitrogen and oxygen atoms in total. The van der Waals surface area contributed by atoms with Crippen molar-refractivity contribution in [3.8, 4) is 5.75 Å². The maximum absolute atomic E-state index is 12.1. The summed E-state index contributed by atoms with van der Waals surface area (Å²) in [6, 6.07) is 7.11. The van der Waals surface area contributed by atoms with Gasteiger partial charge in [-0.3, -0.25) is 4.79 Å². The van der Waals surface area contributed by atoms with E-state index in [2.05, 4.69) is 5.32 Å². The first-order valence-electron chi connectivity index (χ1n) is 7.04. The monoisotopic (exact) mass is 278 g/mol. The number of carbonyl (C=O) groups is 1. The predicted octanol–water partition coefficient (Wildman–Crippen LogP) is 2.64. The van der Waals surface area contributed by atoms with Crippen LogP contribution in [-0.2, 0) is 4.79 Å². The van der Waals surface area contributed by atoms with E-state index in [1.54, 1.807) is 0 Å². The fraction of sp³-hybridized carbons (Fsp3) is 0.562. The molecule has 0 radical (unpaired) electrons. The number of nitrogens with one attached hydrogen (secondary N) is 1. The van der Waals surface area contributed by atoms with Crippen LogP contribution in [0.5, 0.6) is 5.75 Å². The van der Waals surface area contributed by atoms with Gasteiger partial charge in [-0.25, -0.2) is 0 Å². The van der Waals surface area contributed by atoms with E-state index in [9.17, 15) is 4.79 Å². The van der Waals surface area contributed by atoms with Crippen LogP contribution in [-0.4, -0.2) is 18.6 Å². The van der Waals surface area contributed by atoms with Crippen molar-refractivity contribution in [1.82, 2.24) is 5.32 Å². The van der Waals surface area contributed by atoms with Crippen molar-refractivity contribution in [3.05, 3.63) is 29.8 Å². The SMILES string of the molecule is CCOc1cccc(C(C)NC(=O)[C@H](N)C(C)(C)C)c1. The zero-order chi connectivity index (χ0) is 15.3. The first kappa shape index (κ1) is 16.5. The van der Waals surface area contributed by atoms with Crippen LogP contribution in [0.25, 0.3) is 0 Å². The molecule has 0 bridgehead atoms. The van der Waals surface area contributed by atoms with Crippen molar-refractivity contribution in [3.63, 3.8) is 0 Å². The van der Waals surface area contributed by atoms with Gasteiger partial charge in [0, 0.05) is 0 Å². The fourth-order valence-electron chi connectivity index (χ4n) is 1.82. The lowest BCUT2D eigenvalue weighted by Crippen LogP contribution is -2.49. The van der Waals surface area contributed by atoms with Crippen molar-refractivity contribution in [2.24, 2.45) is 11.1 Å². The number of rotatable bonds is 5. The van der Waals surface area contributed by atoms with Gasteiger partial charge in [0.15, 0.2) is 0 Å². The Hall–Kier alpha value is -1.55. The van der Waals surface area contributed by atoms with Crippen molar-refractivity contribution in [2.45, 2.75) is 46.7 Å². The van der Waals surface area contributed by atoms with Crippen molar-refractivity contribution in [2.75, 3.05) is 6.61 Å². The highest BCUT2D eigenvalue weighted by Gasteiger charge is 2.28. The Morgan fingerprint density at radius 2 is 2.05 bits per heavy atom. The summed E-state index contributed by atoms with van der Waals surface area (Å²) in [5.41, 5.74) is 6.71. The largest absolute Gasteiger partial charge is 0.494 e. The third-order valence-electron chi connectivity index (χ3n) is 3.24. The van der Waals surface area contributed by atoms with E-state index in [1.807, 2.05) is 58.9 Å². The molecule has 0 aromatic heterocycles. The summed E-state index contributed by atoms with van der Waals surface area (Å²) in [6.07, 6.45) is 0. The van der Waals surface area contributed by atoms with Crippen molar-refractivity contribution < 1.29 is 9.53 Å². The Bertz CT molecular complexity index is 452. The molecule has 1 aromatic rings. The lowest BCUT2D eigenvalue weighted by atomic mass is 9.86. The number of hydrogen-bond acceptors (Lipinski definition) is 3. The molecule has 0 aliphatic heterocycles. The standard InChI is InChI=1S/C16H26N2O2/c1-6-20-13-9-7-8-12(10-13)11(2)18-15(19)14(17)16(3,4)5/h7-11,14H,6,17H2,1-5H3,(H,18,19)/t11?,14-/m0/s1. The molecule has 0 aliphatic rings. The van der Waals surface area contributed by atoms with Crippen LogP contribution in [0.1, 0.15) is 46.2 Å². The lowest BCUT2D eigenvalue weighted by Gasteiger charge is -2.27. The van der Waals surface area contributed by atoms with Crippen LogP contribution in [0, 0.1) is 5.41 Å². The third kappa shape index (κ3) is 4.53. The lowest BCUT2D eigenvalue weighted by molar-refractivity contribution is -0.125. The van der Waals surface area contributed by atoms with Crippen LogP contribution in [0.3, 0.4) is 0 Å². The summed E-state index contributed by atoms with van der Waals surface area (Å²) >= 11 is 0. The van der Waals surface area contributed by atoms with Crippen molar-refractivity contribution in [1.29, 1.82) is 0 Å². The summed E-state index contributed by atoms with van der Waals surface area (Å²) in [5.74, 6) is 0.679. The molecule has 1 amide bonds. The van der Waals surface area contributed by atoms with E-state index in [-0.39, 0.29) is 17.4 Å². The Kier molecular flexibility index (Phi) is 5.57. The van der Waals surface area contributed by atoms with Crippen LogP contribution in [0.2, 0.25) is 0 Å². The molecular weight excluding hydrogens is 252 g/mol. The zero-order valence-corrected chi connectivity index (χ0v) is 13.1. The van der Waals surface area contributed by atoms with E-state index in [0.717, 1.165) is 11.3 Å². The third-order valence-corrected chi connectivity index (χ3v) is 3.24. The molecule has 20 heavy (non-hydrogen) atoms. The molecule has 0 fully saturated rings. The van der Waals surface area contributed by atoms with Gasteiger partial charge in [0.2, 0.25) is 5.91 Å². The molecule has 1 unspecified atom stereocenters. The molecule has 1 aromatic carbocycles. The summed E-state index contributed by atoms with van der Waals surface area (Å²) in [4.78, 5) is 12.1. The number of ether oxygens (including phenoxy) is 1. The molecular formula is C16H26N2O2. The first-order valence-corrected chi connectivity index (χ1v) is 7.04. The van der Waals surface area contributed by atoms with E-state index >= 15 is 0 Å². The normalized spacial score (nSPS) is 14.5. The highest BCUT2D eigenvalue weighted by molar-refractivity contribution is 5.82. The summed E-state index contributed by atoms with van der Waals surface area (Å²) in [6.45, 7) is 10.4. The molecule has 0 saturated carbocycles. The fourth-order valence-corrected chi connectivity index (χ4v) is 1.82. The van der Waals surface area contributed by atoms with Gasteiger partial charge in [0.1, 0.15) is 5.75 Å². The van der Waals surface area contributed by atoms with Crippen LogP contribution in [0.15, 0.2) is 24.3 Å². The number of hydrogen-bond donors (Lipinski definition) is 2. The number of benzene rings is 1. The average Bonchev–Trinajstić information content (AvgIpc) is 2.37. The second-order valence-electron chi connectivity index (χ2n) is 6.08. The van der Waals surface area contributed by atoms with E-state index in [4.69, 9.17) is 10.5 Å². The second kappa shape index (κ2) is 6.75. The van der Waals surface area contributed by atoms with Gasteiger partial charge in [-0.15, -0.1) is 0 Å². The summed E-state index contributed by atoms with van der Waals surface area (Å²) in [5, 5.41) is 2.95. The van der Waals surface area contributed by atoms with Crippen LogP contribution in [0.4, 0.5) is 0 Å². The van der Waals surface area contributed by atoms with Crippen LogP contribution < -0.4 is 15.8 Å². The molecule has 4 heteroatoms. The molecule has 2 atom stereocenters. The Morgan fingerprint density at radius 3 is 2.60 bits per heavy atom. The van der Waals surface area contributed by atoms with Crippen molar-refractivity contribution >= 4 is 5.91 Å². The van der Waals surface area contributed by atoms with Gasteiger partial charge in [-0.1, -0.05) is 32.9 Å². The number of amides is 1. The molecule has 0 spiro atoms. The first-order chi connectivity index (χ1) is 9.25. The average molecular weight is 278 g/mol. The van der Waals surface area contributed by atoms with Gasteiger partial charge < -0.3 is 15.8 Å². The highest BCUT2D eigenvalue weighted by atomic mass is 16.5. The maximum Gasteiger partial charge on any atom is 0.237 e. The van der Waals surface area contributed by atoms with Gasteiger partial charge in [0.25, 0.3) is 0 Å². The minimum absolute atomic E-state index is 0.101. The number of nitrogens with two attached hydrogens (primary N) is 1. The van der Waals surface area contributed by atoms with Gasteiger partial charge in [0.05, 0.1) is 18.7 Å². The quantitative estimate of drug-likeness (QED) is 0.870. The molecule has 3 N–H and O–H groups in total. The van der Waals surface area contributed by atoms with Gasteiger partial charge in [-0.05, 0) is 37.0 Å². The van der Waals surface area contributed by atoms with E-state index < -0.39 is 6.04 Å². The smallest absolute Gasteiger partial charge is 0.237 e. The minimum atomic E-state index is -0.528. The molecule has 112 valence electrons. The van der Waals surface area contributed by atoms with E-state index in [0.29, 0.717) is 6.61 Å². The van der Waals surface area contributed by atoms with Gasteiger partial charge >= 0.3 is 0 Å². The Morgan fingerprint density at radius 1 is 1.40 bits per heavy atom. The highest BCUT2D eigenvalue weighted by Crippen LogP contribution is 2.21. The Balaban J connectivity index is 2.73.